The molecule has 0 saturated carbocycles. The number of carboxylic acid groups (broad SMARTS) is 1. The fourth-order valence-electron chi connectivity index (χ4n) is 2.77. The quantitative estimate of drug-likeness (QED) is 0.876. The van der Waals surface area contributed by atoms with Gasteiger partial charge in [0.1, 0.15) is 0 Å². The van der Waals surface area contributed by atoms with Gasteiger partial charge in [-0.1, -0.05) is 6.92 Å². The molecule has 0 atom stereocenters. The van der Waals surface area contributed by atoms with Crippen molar-refractivity contribution in [1.82, 2.24) is 14.5 Å². The highest BCUT2D eigenvalue weighted by atomic mass is 19.1. The summed E-state index contributed by atoms with van der Waals surface area (Å²) in [7, 11) is 0. The van der Waals surface area contributed by atoms with Crippen molar-refractivity contribution >= 4 is 23.0 Å². The van der Waals surface area contributed by atoms with Crippen LogP contribution in [0.4, 0.5) is 20.6 Å². The summed E-state index contributed by atoms with van der Waals surface area (Å²) in [6, 6.07) is 1.69. The third-order valence-corrected chi connectivity index (χ3v) is 4.04. The van der Waals surface area contributed by atoms with Crippen LogP contribution in [-0.2, 0) is 6.42 Å². The van der Waals surface area contributed by atoms with Gasteiger partial charge in [0.15, 0.2) is 5.82 Å². The molecule has 1 aliphatic heterocycles. The van der Waals surface area contributed by atoms with E-state index in [2.05, 4.69) is 5.10 Å². The van der Waals surface area contributed by atoms with Crippen molar-refractivity contribution in [3.8, 4) is 0 Å². The van der Waals surface area contributed by atoms with Gasteiger partial charge in [0.2, 0.25) is 0 Å². The normalized spacial score (nSPS) is 15.5. The number of nitrogens with zero attached hydrogens (tertiary/aromatic N) is 4. The standard InChI is InChI=1S/C14H18FN5O2/c1-2-10-13(16)12-7-11(9(15)8-20(12)17-10)18-3-5-19(6-4-18)14(21)22/h7-8H,2-6,16H2,1H3,(H,21,22). The Hall–Kier alpha value is -2.51. The van der Waals surface area contributed by atoms with Gasteiger partial charge in [-0.25, -0.2) is 13.7 Å². The topological polar surface area (TPSA) is 87.1 Å². The summed E-state index contributed by atoms with van der Waals surface area (Å²) < 4.78 is 15.8. The number of nitrogen functional groups attached to an aromatic ring is 1. The maximum atomic E-state index is 14.3. The first-order valence-corrected chi connectivity index (χ1v) is 7.20. The number of fused-ring (bicyclic) bond motifs is 1. The van der Waals surface area contributed by atoms with E-state index in [0.717, 1.165) is 5.69 Å². The van der Waals surface area contributed by atoms with Crippen LogP contribution in [0.15, 0.2) is 12.3 Å². The molecule has 0 bridgehead atoms. The van der Waals surface area contributed by atoms with Gasteiger partial charge in [0, 0.05) is 26.2 Å². The Morgan fingerprint density at radius 3 is 2.68 bits per heavy atom. The molecular weight excluding hydrogens is 289 g/mol. The van der Waals surface area contributed by atoms with Crippen molar-refractivity contribution in [3.05, 3.63) is 23.8 Å². The van der Waals surface area contributed by atoms with Crippen molar-refractivity contribution in [2.45, 2.75) is 13.3 Å². The molecule has 2 aromatic rings. The third-order valence-electron chi connectivity index (χ3n) is 4.04. The molecule has 8 heteroatoms. The minimum Gasteiger partial charge on any atom is -0.465 e. The lowest BCUT2D eigenvalue weighted by Crippen LogP contribution is -2.48. The molecule has 3 rings (SSSR count). The molecule has 0 aliphatic carbocycles. The van der Waals surface area contributed by atoms with Crippen molar-refractivity contribution in [1.29, 1.82) is 0 Å². The summed E-state index contributed by atoms with van der Waals surface area (Å²) in [5.41, 5.74) is 8.47. The number of piperazine rings is 1. The van der Waals surface area contributed by atoms with E-state index in [1.165, 1.54) is 15.6 Å². The number of halogens is 1. The number of rotatable bonds is 2. The van der Waals surface area contributed by atoms with Crippen molar-refractivity contribution < 1.29 is 14.3 Å². The summed E-state index contributed by atoms with van der Waals surface area (Å²) >= 11 is 0. The first-order valence-electron chi connectivity index (χ1n) is 7.20. The van der Waals surface area contributed by atoms with E-state index in [-0.39, 0.29) is 5.82 Å². The molecule has 1 aliphatic rings. The van der Waals surface area contributed by atoms with Crippen LogP contribution in [0.1, 0.15) is 12.6 Å². The minimum absolute atomic E-state index is 0.356. The largest absolute Gasteiger partial charge is 0.465 e. The molecule has 3 heterocycles. The molecule has 3 N–H and O–H groups in total. The summed E-state index contributed by atoms with van der Waals surface area (Å²) in [4.78, 5) is 14.1. The molecular formula is C14H18FN5O2. The van der Waals surface area contributed by atoms with Gasteiger partial charge < -0.3 is 20.6 Å². The zero-order valence-electron chi connectivity index (χ0n) is 12.3. The molecule has 22 heavy (non-hydrogen) atoms. The van der Waals surface area contributed by atoms with Crippen LogP contribution >= 0.6 is 0 Å². The molecule has 1 saturated heterocycles. The molecule has 7 nitrogen and oxygen atoms in total. The van der Waals surface area contributed by atoms with Crippen LogP contribution in [0.3, 0.4) is 0 Å². The maximum absolute atomic E-state index is 14.3. The number of aromatic nitrogens is 2. The summed E-state index contributed by atoms with van der Waals surface area (Å²) in [6.07, 6.45) is 1.06. The van der Waals surface area contributed by atoms with Crippen molar-refractivity contribution in [3.63, 3.8) is 0 Å². The Bertz CT molecular complexity index is 722. The van der Waals surface area contributed by atoms with E-state index in [9.17, 15) is 9.18 Å². The number of carbonyl (C=O) groups is 1. The van der Waals surface area contributed by atoms with Gasteiger partial charge in [-0.2, -0.15) is 5.10 Å². The van der Waals surface area contributed by atoms with Crippen molar-refractivity contribution in [2.24, 2.45) is 0 Å². The van der Waals surface area contributed by atoms with Crippen LogP contribution in [-0.4, -0.2) is 51.9 Å². The van der Waals surface area contributed by atoms with Crippen LogP contribution in [0, 0.1) is 5.82 Å². The molecule has 2 aromatic heterocycles. The van der Waals surface area contributed by atoms with Crippen LogP contribution in [0.2, 0.25) is 0 Å². The second-order valence-electron chi connectivity index (χ2n) is 5.31. The van der Waals surface area contributed by atoms with E-state index in [4.69, 9.17) is 10.8 Å². The van der Waals surface area contributed by atoms with Gasteiger partial charge in [-0.3, -0.25) is 0 Å². The van der Waals surface area contributed by atoms with E-state index in [0.29, 0.717) is 49.5 Å². The van der Waals surface area contributed by atoms with Gasteiger partial charge in [-0.15, -0.1) is 0 Å². The number of pyridine rings is 1. The molecule has 1 amide bonds. The first kappa shape index (κ1) is 14.4. The SMILES string of the molecule is CCc1nn2cc(F)c(N3CCN(C(=O)O)CC3)cc2c1N. The molecule has 0 aromatic carbocycles. The Morgan fingerprint density at radius 2 is 2.09 bits per heavy atom. The smallest absolute Gasteiger partial charge is 0.407 e. The zero-order chi connectivity index (χ0) is 15.9. The van der Waals surface area contributed by atoms with Crippen molar-refractivity contribution in [2.75, 3.05) is 36.8 Å². The average molecular weight is 307 g/mol. The highest BCUT2D eigenvalue weighted by molar-refractivity contribution is 5.76. The molecule has 1 fully saturated rings. The van der Waals surface area contributed by atoms with Gasteiger partial charge in [-0.05, 0) is 12.5 Å². The van der Waals surface area contributed by atoms with Gasteiger partial charge in [0.25, 0.3) is 0 Å². The third kappa shape index (κ3) is 2.30. The Labute approximate surface area is 126 Å². The molecule has 0 unspecified atom stereocenters. The Morgan fingerprint density at radius 1 is 1.41 bits per heavy atom. The molecule has 0 radical (unpaired) electrons. The van der Waals surface area contributed by atoms with E-state index >= 15 is 0 Å². The van der Waals surface area contributed by atoms with Crippen LogP contribution in [0.5, 0.6) is 0 Å². The lowest BCUT2D eigenvalue weighted by atomic mass is 10.2. The van der Waals surface area contributed by atoms with E-state index < -0.39 is 6.09 Å². The first-order chi connectivity index (χ1) is 10.5. The zero-order valence-corrected chi connectivity index (χ0v) is 12.3. The lowest BCUT2D eigenvalue weighted by molar-refractivity contribution is 0.142. The second kappa shape index (κ2) is 5.36. The predicted molar refractivity (Wildman–Crippen MR) is 80.8 cm³/mol. The predicted octanol–water partition coefficient (Wildman–Crippen LogP) is 1.42. The molecule has 118 valence electrons. The average Bonchev–Trinajstić information content (AvgIpc) is 2.82. The van der Waals surface area contributed by atoms with Gasteiger partial charge in [0.05, 0.1) is 28.8 Å². The number of hydrogen-bond donors (Lipinski definition) is 2. The lowest BCUT2D eigenvalue weighted by Gasteiger charge is -2.34. The van der Waals surface area contributed by atoms with E-state index in [1.807, 2.05) is 11.8 Å². The summed E-state index contributed by atoms with van der Waals surface area (Å²) in [6.45, 7) is 3.56. The number of hydrogen-bond acceptors (Lipinski definition) is 4. The number of nitrogens with two attached hydrogens (primary N) is 1. The summed E-state index contributed by atoms with van der Waals surface area (Å²) in [5, 5.41) is 13.2. The second-order valence-corrected chi connectivity index (χ2v) is 5.31. The van der Waals surface area contributed by atoms with Crippen LogP contribution < -0.4 is 10.6 Å². The Kier molecular flexibility index (Phi) is 3.51. The summed E-state index contributed by atoms with van der Waals surface area (Å²) in [5.74, 6) is -0.388. The number of amides is 1. The molecule has 0 spiro atoms. The monoisotopic (exact) mass is 307 g/mol. The Balaban J connectivity index is 1.92. The van der Waals surface area contributed by atoms with Gasteiger partial charge >= 0.3 is 6.09 Å². The fraction of sp³-hybridized carbons (Fsp3) is 0.429. The minimum atomic E-state index is -0.941. The maximum Gasteiger partial charge on any atom is 0.407 e. The van der Waals surface area contributed by atoms with Crippen LogP contribution in [0.25, 0.3) is 5.52 Å². The van der Waals surface area contributed by atoms with E-state index in [1.54, 1.807) is 6.07 Å². The highest BCUT2D eigenvalue weighted by Crippen LogP contribution is 2.27. The fourth-order valence-corrected chi connectivity index (χ4v) is 2.77. The highest BCUT2D eigenvalue weighted by Gasteiger charge is 2.23. The number of anilines is 2. The number of aryl methyl sites for hydroxylation is 1.